The molecule has 13 heavy (non-hydrogen) atoms. The van der Waals surface area contributed by atoms with E-state index in [9.17, 15) is 0 Å². The van der Waals surface area contributed by atoms with Gasteiger partial charge in [-0.05, 0) is 18.2 Å². The number of aromatic nitrogens is 2. The van der Waals surface area contributed by atoms with Gasteiger partial charge < -0.3 is 10.3 Å². The summed E-state index contributed by atoms with van der Waals surface area (Å²) < 4.78 is 4.60. The van der Waals surface area contributed by atoms with E-state index in [1.54, 1.807) is 18.2 Å². The summed E-state index contributed by atoms with van der Waals surface area (Å²) in [4.78, 5) is 3.88. The summed E-state index contributed by atoms with van der Waals surface area (Å²) in [5, 5.41) is 4.19. The van der Waals surface area contributed by atoms with Gasteiger partial charge in [0, 0.05) is 5.56 Å². The smallest absolute Gasteiger partial charge is 0.214 e. The summed E-state index contributed by atoms with van der Waals surface area (Å²) >= 11 is 5.75. The second kappa shape index (κ2) is 3.06. The summed E-state index contributed by atoms with van der Waals surface area (Å²) in [6.07, 6.45) is 1.26. The molecule has 1 heterocycles. The highest BCUT2D eigenvalue weighted by molar-refractivity contribution is 6.33. The number of benzene rings is 1. The lowest BCUT2D eigenvalue weighted by Gasteiger charge is -1.98. The third-order valence-electron chi connectivity index (χ3n) is 1.62. The lowest BCUT2D eigenvalue weighted by atomic mass is 10.2. The first kappa shape index (κ1) is 8.07. The van der Waals surface area contributed by atoms with Crippen molar-refractivity contribution < 1.29 is 4.52 Å². The Hall–Kier alpha value is -1.55. The van der Waals surface area contributed by atoms with Crippen molar-refractivity contribution in [3.8, 4) is 11.4 Å². The van der Waals surface area contributed by atoms with Crippen LogP contribution in [0.15, 0.2) is 29.1 Å². The molecule has 5 heteroatoms. The van der Waals surface area contributed by atoms with Crippen molar-refractivity contribution in [1.82, 2.24) is 10.1 Å². The predicted octanol–water partition coefficient (Wildman–Crippen LogP) is 1.97. The molecule has 2 rings (SSSR count). The third-order valence-corrected chi connectivity index (χ3v) is 1.96. The minimum atomic E-state index is 0.503. The number of hydrogen-bond donors (Lipinski definition) is 1. The Morgan fingerprint density at radius 2 is 2.23 bits per heavy atom. The Morgan fingerprint density at radius 3 is 2.85 bits per heavy atom. The SMILES string of the molecule is Nc1cc(-c2ncon2)ccc1Cl. The van der Waals surface area contributed by atoms with Crippen molar-refractivity contribution in [2.24, 2.45) is 0 Å². The number of halogens is 1. The van der Waals surface area contributed by atoms with Gasteiger partial charge in [0.15, 0.2) is 0 Å². The number of nitrogens with zero attached hydrogens (tertiary/aromatic N) is 2. The Bertz CT molecular complexity index is 413. The molecule has 0 saturated heterocycles. The molecule has 0 atom stereocenters. The zero-order chi connectivity index (χ0) is 9.26. The number of rotatable bonds is 1. The Kier molecular flexibility index (Phi) is 1.90. The van der Waals surface area contributed by atoms with Gasteiger partial charge in [0.25, 0.3) is 0 Å². The van der Waals surface area contributed by atoms with Gasteiger partial charge in [0.1, 0.15) is 0 Å². The molecule has 0 unspecified atom stereocenters. The molecule has 2 aromatic rings. The minimum absolute atomic E-state index is 0.503. The van der Waals surface area contributed by atoms with Gasteiger partial charge in [-0.25, -0.2) is 0 Å². The zero-order valence-electron chi connectivity index (χ0n) is 6.57. The molecule has 66 valence electrons. The summed E-state index contributed by atoms with van der Waals surface area (Å²) in [6.45, 7) is 0. The highest BCUT2D eigenvalue weighted by Crippen LogP contribution is 2.24. The van der Waals surface area contributed by atoms with Crippen molar-refractivity contribution >= 4 is 17.3 Å². The minimum Gasteiger partial charge on any atom is -0.398 e. The Morgan fingerprint density at radius 1 is 1.38 bits per heavy atom. The van der Waals surface area contributed by atoms with Gasteiger partial charge >= 0.3 is 0 Å². The molecule has 0 aliphatic carbocycles. The van der Waals surface area contributed by atoms with Crippen LogP contribution in [0, 0.1) is 0 Å². The van der Waals surface area contributed by atoms with Crippen LogP contribution in [-0.4, -0.2) is 10.1 Å². The first-order valence-corrected chi connectivity index (χ1v) is 3.97. The van der Waals surface area contributed by atoms with E-state index in [2.05, 4.69) is 14.7 Å². The van der Waals surface area contributed by atoms with Crippen LogP contribution in [0.2, 0.25) is 5.02 Å². The van der Waals surface area contributed by atoms with E-state index < -0.39 is 0 Å². The zero-order valence-corrected chi connectivity index (χ0v) is 7.32. The fraction of sp³-hybridized carbons (Fsp3) is 0. The van der Waals surface area contributed by atoms with E-state index >= 15 is 0 Å². The van der Waals surface area contributed by atoms with Gasteiger partial charge in [-0.2, -0.15) is 4.98 Å². The van der Waals surface area contributed by atoms with E-state index in [1.165, 1.54) is 6.39 Å². The van der Waals surface area contributed by atoms with Gasteiger partial charge in [-0.15, -0.1) is 0 Å². The topological polar surface area (TPSA) is 64.9 Å². The monoisotopic (exact) mass is 195 g/mol. The van der Waals surface area contributed by atoms with Gasteiger partial charge in [0.2, 0.25) is 12.2 Å². The summed E-state index contributed by atoms with van der Waals surface area (Å²) in [5.41, 5.74) is 6.90. The first-order chi connectivity index (χ1) is 6.27. The normalized spacial score (nSPS) is 10.2. The molecule has 0 radical (unpaired) electrons. The van der Waals surface area contributed by atoms with E-state index in [0.717, 1.165) is 5.56 Å². The number of nitrogen functional groups attached to an aromatic ring is 1. The van der Waals surface area contributed by atoms with E-state index in [-0.39, 0.29) is 0 Å². The second-order valence-electron chi connectivity index (χ2n) is 2.49. The van der Waals surface area contributed by atoms with Crippen LogP contribution in [-0.2, 0) is 0 Å². The molecule has 0 amide bonds. The number of hydrogen-bond acceptors (Lipinski definition) is 4. The van der Waals surface area contributed by atoms with Crippen LogP contribution in [0.4, 0.5) is 5.69 Å². The molecule has 1 aromatic heterocycles. The fourth-order valence-corrected chi connectivity index (χ4v) is 1.10. The van der Waals surface area contributed by atoms with Crippen molar-refractivity contribution in [3.63, 3.8) is 0 Å². The second-order valence-corrected chi connectivity index (χ2v) is 2.90. The van der Waals surface area contributed by atoms with Crippen LogP contribution in [0.1, 0.15) is 0 Å². The maximum absolute atomic E-state index is 5.75. The molecule has 2 N–H and O–H groups in total. The summed E-state index contributed by atoms with van der Waals surface area (Å²) in [7, 11) is 0. The quantitative estimate of drug-likeness (QED) is 0.707. The average molecular weight is 196 g/mol. The molecule has 0 fully saturated rings. The maximum atomic E-state index is 5.75. The molecule has 1 aromatic carbocycles. The van der Waals surface area contributed by atoms with Gasteiger partial charge in [-0.3, -0.25) is 0 Å². The van der Waals surface area contributed by atoms with Gasteiger partial charge in [-0.1, -0.05) is 16.8 Å². The highest BCUT2D eigenvalue weighted by atomic mass is 35.5. The van der Waals surface area contributed by atoms with Crippen molar-refractivity contribution in [1.29, 1.82) is 0 Å². The van der Waals surface area contributed by atoms with Gasteiger partial charge in [0.05, 0.1) is 10.7 Å². The molecule has 0 aliphatic rings. The molecule has 0 aliphatic heterocycles. The molecule has 0 saturated carbocycles. The van der Waals surface area contributed by atoms with Crippen molar-refractivity contribution in [2.45, 2.75) is 0 Å². The fourth-order valence-electron chi connectivity index (χ4n) is 0.981. The average Bonchev–Trinajstić information content (AvgIpc) is 2.62. The van der Waals surface area contributed by atoms with E-state index in [4.69, 9.17) is 17.3 Å². The summed E-state index contributed by atoms with van der Waals surface area (Å²) in [5.74, 6) is 0.503. The van der Waals surface area contributed by atoms with Crippen LogP contribution < -0.4 is 5.73 Å². The standard InChI is InChI=1S/C8H6ClN3O/c9-6-2-1-5(3-7(6)10)8-11-4-13-12-8/h1-4H,10H2. The van der Waals surface area contributed by atoms with Crippen molar-refractivity contribution in [3.05, 3.63) is 29.6 Å². The predicted molar refractivity (Wildman–Crippen MR) is 49.2 cm³/mol. The Labute approximate surface area is 79.3 Å². The molecule has 4 nitrogen and oxygen atoms in total. The van der Waals surface area contributed by atoms with E-state index in [0.29, 0.717) is 16.5 Å². The van der Waals surface area contributed by atoms with Crippen molar-refractivity contribution in [2.75, 3.05) is 5.73 Å². The lowest BCUT2D eigenvalue weighted by Crippen LogP contribution is -1.88. The Balaban J connectivity index is 2.49. The van der Waals surface area contributed by atoms with Crippen LogP contribution in [0.5, 0.6) is 0 Å². The van der Waals surface area contributed by atoms with Crippen LogP contribution in [0.25, 0.3) is 11.4 Å². The maximum Gasteiger partial charge on any atom is 0.214 e. The van der Waals surface area contributed by atoms with Crippen LogP contribution >= 0.6 is 11.6 Å². The molecule has 0 bridgehead atoms. The first-order valence-electron chi connectivity index (χ1n) is 3.59. The number of nitrogens with two attached hydrogens (primary N) is 1. The summed E-state index contributed by atoms with van der Waals surface area (Å²) in [6, 6.07) is 5.18. The third kappa shape index (κ3) is 1.48. The lowest BCUT2D eigenvalue weighted by molar-refractivity contribution is 0.419. The molecular formula is C8H6ClN3O. The number of anilines is 1. The van der Waals surface area contributed by atoms with Crippen LogP contribution in [0.3, 0.4) is 0 Å². The van der Waals surface area contributed by atoms with E-state index in [1.807, 2.05) is 0 Å². The molecular weight excluding hydrogens is 190 g/mol. The highest BCUT2D eigenvalue weighted by Gasteiger charge is 2.04. The molecule has 0 spiro atoms. The largest absolute Gasteiger partial charge is 0.398 e.